The molecule has 43 heavy (non-hydrogen) atoms. The third-order valence-electron chi connectivity index (χ3n) is 7.23. The number of benzene rings is 2. The summed E-state index contributed by atoms with van der Waals surface area (Å²) in [6.07, 6.45) is 2.59. The number of halogens is 2. The summed E-state index contributed by atoms with van der Waals surface area (Å²) in [5, 5.41) is 19.6. The molecule has 2 aromatic heterocycles. The zero-order valence-electron chi connectivity index (χ0n) is 24.1. The number of ether oxygens (including phenoxy) is 1. The Morgan fingerprint density at radius 1 is 1.09 bits per heavy atom. The van der Waals surface area contributed by atoms with Gasteiger partial charge in [-0.25, -0.2) is 23.1 Å². The molecule has 0 radical (unpaired) electrons. The Morgan fingerprint density at radius 2 is 1.86 bits per heavy atom. The molecule has 1 atom stereocenters. The molecule has 2 amide bonds. The van der Waals surface area contributed by atoms with Crippen LogP contribution in [-0.2, 0) is 24.3 Å². The third-order valence-corrected chi connectivity index (χ3v) is 7.23. The van der Waals surface area contributed by atoms with Crippen molar-refractivity contribution in [2.45, 2.75) is 65.3 Å². The average Bonchev–Trinajstić information content (AvgIpc) is 3.56. The SMILES string of the molecule is Cc1c(C(=O)OC(C)(C)C)ccc2c1CC[C@@H]2NC(=O)c1cc(C(=O)NCc2ccc(F)c(F)c2)nc2c(CO)cnn12. The topological polar surface area (TPSA) is 135 Å². The summed E-state index contributed by atoms with van der Waals surface area (Å²) in [5.41, 5.74) is 3.13. The highest BCUT2D eigenvalue weighted by Gasteiger charge is 2.30. The van der Waals surface area contributed by atoms with E-state index < -0.39 is 41.6 Å². The molecule has 2 heterocycles. The molecule has 10 nitrogen and oxygen atoms in total. The van der Waals surface area contributed by atoms with Crippen molar-refractivity contribution in [2.75, 3.05) is 0 Å². The smallest absolute Gasteiger partial charge is 0.338 e. The molecule has 0 fully saturated rings. The number of aliphatic hydroxyl groups excluding tert-OH is 1. The van der Waals surface area contributed by atoms with Gasteiger partial charge in [0.2, 0.25) is 0 Å². The minimum atomic E-state index is -1.04. The van der Waals surface area contributed by atoms with Crippen molar-refractivity contribution in [3.63, 3.8) is 0 Å². The number of nitrogens with zero attached hydrogens (tertiary/aromatic N) is 3. The predicted octanol–water partition coefficient (Wildman–Crippen LogP) is 4.11. The highest BCUT2D eigenvalue weighted by atomic mass is 19.2. The second kappa shape index (κ2) is 11.5. The van der Waals surface area contributed by atoms with Crippen LogP contribution >= 0.6 is 0 Å². The lowest BCUT2D eigenvalue weighted by molar-refractivity contribution is 0.00683. The first-order valence-electron chi connectivity index (χ1n) is 13.7. The molecular formula is C31H31F2N5O5. The number of amides is 2. The zero-order valence-corrected chi connectivity index (χ0v) is 24.1. The van der Waals surface area contributed by atoms with Gasteiger partial charge in [0.25, 0.3) is 11.8 Å². The number of aromatic nitrogens is 3. The van der Waals surface area contributed by atoms with Crippen molar-refractivity contribution in [3.8, 4) is 0 Å². The van der Waals surface area contributed by atoms with E-state index in [2.05, 4.69) is 20.7 Å². The van der Waals surface area contributed by atoms with Gasteiger partial charge in [-0.05, 0) is 81.0 Å². The van der Waals surface area contributed by atoms with E-state index in [1.165, 1.54) is 22.8 Å². The van der Waals surface area contributed by atoms with Gasteiger partial charge in [-0.3, -0.25) is 9.59 Å². The van der Waals surface area contributed by atoms with Crippen LogP contribution in [0.4, 0.5) is 8.78 Å². The standard InChI is InChI=1S/C31H31F2N5O5/c1-16-19-8-10-24(21(19)7-6-20(16)30(42)43-31(2,3)4)37-29(41)26-12-25(36-27-18(15-39)14-35-38(26)27)28(40)34-13-17-5-9-22(32)23(33)11-17/h5-7,9,11-12,14,24,39H,8,10,13,15H2,1-4H3,(H,34,40)(H,37,41)/t24-/m0/s1. The van der Waals surface area contributed by atoms with Gasteiger partial charge >= 0.3 is 5.97 Å². The van der Waals surface area contributed by atoms with Crippen LogP contribution in [0.3, 0.4) is 0 Å². The van der Waals surface area contributed by atoms with Gasteiger partial charge in [-0.1, -0.05) is 12.1 Å². The molecule has 0 aliphatic heterocycles. The van der Waals surface area contributed by atoms with Gasteiger partial charge in [0.1, 0.15) is 17.0 Å². The largest absolute Gasteiger partial charge is 0.456 e. The van der Waals surface area contributed by atoms with E-state index in [-0.39, 0.29) is 29.6 Å². The quantitative estimate of drug-likeness (QED) is 0.275. The Labute approximate surface area is 246 Å². The average molecular weight is 592 g/mol. The van der Waals surface area contributed by atoms with Crippen molar-refractivity contribution in [1.82, 2.24) is 25.2 Å². The summed E-state index contributed by atoms with van der Waals surface area (Å²) in [5.74, 6) is -3.64. The second-order valence-electron chi connectivity index (χ2n) is 11.4. The molecular weight excluding hydrogens is 560 g/mol. The number of aliphatic hydroxyl groups is 1. The Kier molecular flexibility index (Phi) is 7.98. The number of carbonyl (C=O) groups excluding carboxylic acids is 3. The molecule has 224 valence electrons. The number of fused-ring (bicyclic) bond motifs is 2. The lowest BCUT2D eigenvalue weighted by atomic mass is 9.97. The fourth-order valence-electron chi connectivity index (χ4n) is 5.14. The second-order valence-corrected chi connectivity index (χ2v) is 11.4. The van der Waals surface area contributed by atoms with Gasteiger partial charge in [0.05, 0.1) is 24.4 Å². The minimum Gasteiger partial charge on any atom is -0.456 e. The van der Waals surface area contributed by atoms with Crippen molar-refractivity contribution >= 4 is 23.4 Å². The highest BCUT2D eigenvalue weighted by Crippen LogP contribution is 2.35. The van der Waals surface area contributed by atoms with Gasteiger partial charge in [0.15, 0.2) is 17.3 Å². The molecule has 0 bridgehead atoms. The van der Waals surface area contributed by atoms with Crippen LogP contribution in [0, 0.1) is 18.6 Å². The Balaban J connectivity index is 1.40. The number of nitrogens with one attached hydrogen (secondary N) is 2. The van der Waals surface area contributed by atoms with Gasteiger partial charge in [-0.15, -0.1) is 0 Å². The van der Waals surface area contributed by atoms with E-state index in [1.807, 2.05) is 13.0 Å². The fraction of sp³-hybridized carbons (Fsp3) is 0.323. The monoisotopic (exact) mass is 591 g/mol. The summed E-state index contributed by atoms with van der Waals surface area (Å²) in [6, 6.07) is 7.71. The van der Waals surface area contributed by atoms with Crippen LogP contribution in [0.25, 0.3) is 5.65 Å². The molecule has 0 saturated heterocycles. The number of rotatable bonds is 7. The van der Waals surface area contributed by atoms with E-state index in [1.54, 1.807) is 26.8 Å². The first-order chi connectivity index (χ1) is 20.4. The summed E-state index contributed by atoms with van der Waals surface area (Å²) < 4.78 is 33.6. The molecule has 3 N–H and O–H groups in total. The molecule has 0 spiro atoms. The number of esters is 1. The molecule has 1 aliphatic carbocycles. The summed E-state index contributed by atoms with van der Waals surface area (Å²) >= 11 is 0. The first kappa shape index (κ1) is 29.8. The van der Waals surface area contributed by atoms with Crippen molar-refractivity contribution in [3.05, 3.63) is 99.0 Å². The van der Waals surface area contributed by atoms with Crippen molar-refractivity contribution in [2.24, 2.45) is 0 Å². The van der Waals surface area contributed by atoms with Crippen LogP contribution in [0.5, 0.6) is 0 Å². The Bertz CT molecular complexity index is 1760. The highest BCUT2D eigenvalue weighted by molar-refractivity contribution is 5.98. The molecule has 2 aromatic carbocycles. The van der Waals surface area contributed by atoms with E-state index in [9.17, 15) is 28.3 Å². The van der Waals surface area contributed by atoms with Crippen molar-refractivity contribution < 1.29 is 33.0 Å². The van der Waals surface area contributed by atoms with E-state index in [0.29, 0.717) is 29.5 Å². The molecule has 5 rings (SSSR count). The van der Waals surface area contributed by atoms with Gasteiger partial charge in [-0.2, -0.15) is 5.10 Å². The first-order valence-corrected chi connectivity index (χ1v) is 13.7. The van der Waals surface area contributed by atoms with E-state index in [0.717, 1.165) is 28.8 Å². The lowest BCUT2D eigenvalue weighted by Gasteiger charge is -2.21. The van der Waals surface area contributed by atoms with E-state index >= 15 is 0 Å². The number of hydrogen-bond acceptors (Lipinski definition) is 7. The van der Waals surface area contributed by atoms with Gasteiger partial charge in [0, 0.05) is 18.2 Å². The number of carbonyl (C=O) groups is 3. The third kappa shape index (κ3) is 6.09. The molecule has 0 unspecified atom stereocenters. The summed E-state index contributed by atoms with van der Waals surface area (Å²) in [4.78, 5) is 43.7. The Hall–Kier alpha value is -4.71. The lowest BCUT2D eigenvalue weighted by Crippen LogP contribution is -2.31. The predicted molar refractivity (Wildman–Crippen MR) is 151 cm³/mol. The van der Waals surface area contributed by atoms with Crippen molar-refractivity contribution in [1.29, 1.82) is 0 Å². The van der Waals surface area contributed by atoms with Gasteiger partial charge < -0.3 is 20.5 Å². The summed E-state index contributed by atoms with van der Waals surface area (Å²) in [6.45, 7) is 6.74. The maximum absolute atomic E-state index is 13.6. The normalized spacial score (nSPS) is 14.4. The van der Waals surface area contributed by atoms with Crippen LogP contribution in [-0.4, -0.2) is 43.1 Å². The van der Waals surface area contributed by atoms with Crippen LogP contribution < -0.4 is 10.6 Å². The molecule has 12 heteroatoms. The molecule has 4 aromatic rings. The summed E-state index contributed by atoms with van der Waals surface area (Å²) in [7, 11) is 0. The fourth-order valence-corrected chi connectivity index (χ4v) is 5.14. The molecule has 1 aliphatic rings. The van der Waals surface area contributed by atoms with E-state index in [4.69, 9.17) is 4.74 Å². The van der Waals surface area contributed by atoms with Crippen LogP contribution in [0.2, 0.25) is 0 Å². The number of hydrogen-bond donors (Lipinski definition) is 3. The van der Waals surface area contributed by atoms with Crippen LogP contribution in [0.1, 0.15) is 92.4 Å². The van der Waals surface area contributed by atoms with Crippen LogP contribution in [0.15, 0.2) is 42.6 Å². The maximum atomic E-state index is 13.6. The Morgan fingerprint density at radius 3 is 2.56 bits per heavy atom. The molecule has 0 saturated carbocycles. The minimum absolute atomic E-state index is 0.0122. The zero-order chi connectivity index (χ0) is 31.1. The maximum Gasteiger partial charge on any atom is 0.338 e.